The van der Waals surface area contributed by atoms with Gasteiger partial charge in [0.1, 0.15) is 11.6 Å². The number of benzene rings is 1. The molecule has 1 fully saturated rings. The molecular weight excluding hydrogens is 314 g/mol. The van der Waals surface area contributed by atoms with E-state index < -0.39 is 26.6 Å². The molecule has 22 heavy (non-hydrogen) atoms. The predicted octanol–water partition coefficient (Wildman–Crippen LogP) is 1.26. The molecule has 0 unspecified atom stereocenters. The lowest BCUT2D eigenvalue weighted by Gasteiger charge is -2.37. The molecule has 1 saturated heterocycles. The summed E-state index contributed by atoms with van der Waals surface area (Å²) in [7, 11) is -2.40. The second-order valence-corrected chi connectivity index (χ2v) is 7.38. The van der Waals surface area contributed by atoms with Gasteiger partial charge < -0.3 is 10.1 Å². The van der Waals surface area contributed by atoms with Crippen molar-refractivity contribution in [3.8, 4) is 0 Å². The third-order valence-electron chi connectivity index (χ3n) is 3.90. The summed E-state index contributed by atoms with van der Waals surface area (Å²) in [4.78, 5) is -0.411. The summed E-state index contributed by atoms with van der Waals surface area (Å²) in [6.45, 7) is 2.15. The van der Waals surface area contributed by atoms with Crippen LogP contribution < -0.4 is 10.0 Å². The molecule has 124 valence electrons. The van der Waals surface area contributed by atoms with Crippen molar-refractivity contribution < 1.29 is 21.9 Å². The summed E-state index contributed by atoms with van der Waals surface area (Å²) >= 11 is 0. The van der Waals surface area contributed by atoms with Gasteiger partial charge in [-0.25, -0.2) is 21.9 Å². The highest BCUT2D eigenvalue weighted by Gasteiger charge is 2.33. The maximum absolute atomic E-state index is 13.2. The summed E-state index contributed by atoms with van der Waals surface area (Å²) in [6, 6.07) is 2.24. The standard InChI is InChI=1S/C14H20F2N2O3S/c1-21-10-14(2-4-17-5-3-14)9-18-22(19,20)13-7-11(15)6-12(16)8-13/h6-8,17-18H,2-5,9-10H2,1H3. The summed E-state index contributed by atoms with van der Waals surface area (Å²) < 4.78 is 58.5. The molecule has 1 aromatic carbocycles. The van der Waals surface area contributed by atoms with Crippen LogP contribution in [0.15, 0.2) is 23.1 Å². The number of piperidine rings is 1. The van der Waals surface area contributed by atoms with Crippen molar-refractivity contribution in [2.24, 2.45) is 5.41 Å². The van der Waals surface area contributed by atoms with Crippen LogP contribution in [0.25, 0.3) is 0 Å². The zero-order chi connectivity index (χ0) is 16.2. The molecular formula is C14H20F2N2O3S. The second kappa shape index (κ2) is 6.99. The highest BCUT2D eigenvalue weighted by molar-refractivity contribution is 7.89. The van der Waals surface area contributed by atoms with Crippen LogP contribution in [-0.2, 0) is 14.8 Å². The molecule has 1 aromatic rings. The normalized spacial score (nSPS) is 18.3. The molecule has 2 rings (SSSR count). The van der Waals surface area contributed by atoms with E-state index in [4.69, 9.17) is 4.74 Å². The molecule has 1 aliphatic heterocycles. The molecule has 8 heteroatoms. The quantitative estimate of drug-likeness (QED) is 0.822. The van der Waals surface area contributed by atoms with Crippen molar-refractivity contribution in [1.82, 2.24) is 10.0 Å². The number of rotatable bonds is 6. The van der Waals surface area contributed by atoms with Gasteiger partial charge in [-0.3, -0.25) is 0 Å². The molecule has 0 aliphatic carbocycles. The van der Waals surface area contributed by atoms with Crippen LogP contribution in [0.2, 0.25) is 0 Å². The minimum Gasteiger partial charge on any atom is -0.384 e. The number of nitrogens with one attached hydrogen (secondary N) is 2. The maximum Gasteiger partial charge on any atom is 0.240 e. The van der Waals surface area contributed by atoms with Gasteiger partial charge in [0.25, 0.3) is 0 Å². The summed E-state index contributed by atoms with van der Waals surface area (Å²) in [6.07, 6.45) is 1.53. The number of methoxy groups -OCH3 is 1. The molecule has 0 amide bonds. The Bertz CT molecular complexity index is 591. The largest absolute Gasteiger partial charge is 0.384 e. The lowest BCUT2D eigenvalue weighted by atomic mass is 9.80. The second-order valence-electron chi connectivity index (χ2n) is 5.61. The average molecular weight is 334 g/mol. The van der Waals surface area contributed by atoms with Crippen LogP contribution in [-0.4, -0.2) is 41.8 Å². The van der Waals surface area contributed by atoms with Crippen LogP contribution in [0.3, 0.4) is 0 Å². The Labute approximate surface area is 129 Å². The summed E-state index contributed by atoms with van der Waals surface area (Å²) in [5.74, 6) is -1.84. The summed E-state index contributed by atoms with van der Waals surface area (Å²) in [5, 5.41) is 3.21. The van der Waals surface area contributed by atoms with E-state index in [0.29, 0.717) is 12.7 Å². The Morgan fingerprint density at radius 1 is 1.23 bits per heavy atom. The highest BCUT2D eigenvalue weighted by atomic mass is 32.2. The number of ether oxygens (including phenoxy) is 1. The van der Waals surface area contributed by atoms with Crippen molar-refractivity contribution >= 4 is 10.0 Å². The Morgan fingerprint density at radius 3 is 2.36 bits per heavy atom. The first kappa shape index (κ1) is 17.3. The smallest absolute Gasteiger partial charge is 0.240 e. The molecule has 1 aliphatic rings. The molecule has 1 heterocycles. The van der Waals surface area contributed by atoms with Crippen LogP contribution >= 0.6 is 0 Å². The zero-order valence-corrected chi connectivity index (χ0v) is 13.2. The third kappa shape index (κ3) is 4.22. The van der Waals surface area contributed by atoms with E-state index in [1.807, 2.05) is 0 Å². The molecule has 0 saturated carbocycles. The van der Waals surface area contributed by atoms with E-state index in [1.165, 1.54) is 0 Å². The minimum atomic E-state index is -3.97. The van der Waals surface area contributed by atoms with Gasteiger partial charge in [0.2, 0.25) is 10.0 Å². The number of hydrogen-bond donors (Lipinski definition) is 2. The van der Waals surface area contributed by atoms with Gasteiger partial charge in [-0.15, -0.1) is 0 Å². The molecule has 0 aromatic heterocycles. The monoisotopic (exact) mass is 334 g/mol. The third-order valence-corrected chi connectivity index (χ3v) is 5.28. The topological polar surface area (TPSA) is 67.4 Å². The lowest BCUT2D eigenvalue weighted by Crippen LogP contribution is -2.47. The summed E-state index contributed by atoms with van der Waals surface area (Å²) in [5.41, 5.74) is -0.307. The Balaban J connectivity index is 2.13. The van der Waals surface area contributed by atoms with Gasteiger partial charge in [-0.1, -0.05) is 0 Å². The zero-order valence-electron chi connectivity index (χ0n) is 12.4. The number of hydrogen-bond acceptors (Lipinski definition) is 4. The fraction of sp³-hybridized carbons (Fsp3) is 0.571. The molecule has 0 bridgehead atoms. The van der Waals surface area contributed by atoms with Crippen LogP contribution in [0.4, 0.5) is 8.78 Å². The Morgan fingerprint density at radius 2 is 1.82 bits per heavy atom. The maximum atomic E-state index is 13.2. The fourth-order valence-electron chi connectivity index (χ4n) is 2.65. The highest BCUT2D eigenvalue weighted by Crippen LogP contribution is 2.29. The predicted molar refractivity (Wildman–Crippen MR) is 78.0 cm³/mol. The van der Waals surface area contributed by atoms with E-state index in [1.54, 1.807) is 7.11 Å². The first-order chi connectivity index (χ1) is 10.4. The minimum absolute atomic E-state index is 0.170. The Hall–Kier alpha value is -1.09. The van der Waals surface area contributed by atoms with Crippen LogP contribution in [0.1, 0.15) is 12.8 Å². The van der Waals surface area contributed by atoms with Gasteiger partial charge in [-0.05, 0) is 38.1 Å². The van der Waals surface area contributed by atoms with Gasteiger partial charge in [-0.2, -0.15) is 0 Å². The SMILES string of the molecule is COCC1(CNS(=O)(=O)c2cc(F)cc(F)c2)CCNCC1. The van der Waals surface area contributed by atoms with Crippen molar-refractivity contribution in [3.05, 3.63) is 29.8 Å². The van der Waals surface area contributed by atoms with E-state index in [-0.39, 0.29) is 12.0 Å². The molecule has 0 atom stereocenters. The molecule has 5 nitrogen and oxygen atoms in total. The lowest BCUT2D eigenvalue weighted by molar-refractivity contribution is 0.0577. The van der Waals surface area contributed by atoms with E-state index in [0.717, 1.165) is 38.1 Å². The van der Waals surface area contributed by atoms with E-state index >= 15 is 0 Å². The van der Waals surface area contributed by atoms with Gasteiger partial charge >= 0.3 is 0 Å². The van der Waals surface area contributed by atoms with Gasteiger partial charge in [0, 0.05) is 25.1 Å². The van der Waals surface area contributed by atoms with Crippen LogP contribution in [0, 0.1) is 17.0 Å². The Kier molecular flexibility index (Phi) is 5.49. The van der Waals surface area contributed by atoms with Gasteiger partial charge in [0.15, 0.2) is 0 Å². The van der Waals surface area contributed by atoms with E-state index in [2.05, 4.69) is 10.0 Å². The first-order valence-electron chi connectivity index (χ1n) is 7.02. The van der Waals surface area contributed by atoms with Crippen LogP contribution in [0.5, 0.6) is 0 Å². The van der Waals surface area contributed by atoms with Crippen molar-refractivity contribution in [1.29, 1.82) is 0 Å². The van der Waals surface area contributed by atoms with Crippen molar-refractivity contribution in [2.45, 2.75) is 17.7 Å². The van der Waals surface area contributed by atoms with Gasteiger partial charge in [0.05, 0.1) is 11.5 Å². The average Bonchev–Trinajstić information content (AvgIpc) is 2.46. The number of sulfonamides is 1. The van der Waals surface area contributed by atoms with Crippen molar-refractivity contribution in [3.63, 3.8) is 0 Å². The van der Waals surface area contributed by atoms with Crippen molar-refractivity contribution in [2.75, 3.05) is 33.4 Å². The molecule has 0 spiro atoms. The molecule has 0 radical (unpaired) electrons. The molecule has 2 N–H and O–H groups in total. The fourth-order valence-corrected chi connectivity index (χ4v) is 3.85. The van der Waals surface area contributed by atoms with E-state index in [9.17, 15) is 17.2 Å². The first-order valence-corrected chi connectivity index (χ1v) is 8.51. The number of halogens is 2.